The molecule has 0 fully saturated rings. The fourth-order valence-corrected chi connectivity index (χ4v) is 0.891. The zero-order chi connectivity index (χ0) is 13.1. The molecule has 5 nitrogen and oxygen atoms in total. The highest BCUT2D eigenvalue weighted by molar-refractivity contribution is 5.40. The molecule has 0 radical (unpaired) electrons. The first-order chi connectivity index (χ1) is 8.10. The number of hydrogen-bond acceptors (Lipinski definition) is 5. The lowest BCUT2D eigenvalue weighted by Gasteiger charge is -2.10. The number of aliphatic hydroxyl groups excluding tert-OH is 2. The van der Waals surface area contributed by atoms with Gasteiger partial charge in [0.2, 0.25) is 0 Å². The first-order valence-corrected chi connectivity index (χ1v) is 5.52. The lowest BCUT2D eigenvalue weighted by atomic mass is 10.3. The van der Waals surface area contributed by atoms with Crippen LogP contribution in [0.1, 0.15) is 13.8 Å². The predicted molar refractivity (Wildman–Crippen MR) is 68.4 cm³/mol. The van der Waals surface area contributed by atoms with E-state index < -0.39 is 6.10 Å². The number of ether oxygens (including phenoxy) is 1. The van der Waals surface area contributed by atoms with Crippen LogP contribution in [0.3, 0.4) is 0 Å². The predicted octanol–water partition coefficient (Wildman–Crippen LogP) is 0.737. The molecule has 17 heavy (non-hydrogen) atoms. The molecule has 0 saturated carbocycles. The van der Waals surface area contributed by atoms with Crippen LogP contribution in [0.25, 0.3) is 0 Å². The Morgan fingerprint density at radius 1 is 1.29 bits per heavy atom. The molecule has 5 heteroatoms. The highest BCUT2D eigenvalue weighted by atomic mass is 16.5. The van der Waals surface area contributed by atoms with Gasteiger partial charge in [-0.15, -0.1) is 0 Å². The summed E-state index contributed by atoms with van der Waals surface area (Å²) in [5.74, 6) is 5.10. The maximum atomic E-state index is 8.69. The van der Waals surface area contributed by atoms with Gasteiger partial charge in [0.05, 0.1) is 25.4 Å². The third-order valence-corrected chi connectivity index (χ3v) is 1.82. The molecule has 0 bridgehead atoms. The highest BCUT2D eigenvalue weighted by Crippen LogP contribution is 2.00. The zero-order valence-electron chi connectivity index (χ0n) is 10.3. The van der Waals surface area contributed by atoms with Crippen molar-refractivity contribution >= 4 is 5.69 Å². The summed E-state index contributed by atoms with van der Waals surface area (Å²) in [6, 6.07) is 9.60. The minimum Gasteiger partial charge on any atom is -0.394 e. The van der Waals surface area contributed by atoms with Crippen LogP contribution in [0.15, 0.2) is 30.3 Å². The average Bonchev–Trinajstić information content (AvgIpc) is 2.37. The third-order valence-electron chi connectivity index (χ3n) is 1.82. The Balaban J connectivity index is 0.000000302. The van der Waals surface area contributed by atoms with E-state index in [0.717, 1.165) is 5.69 Å². The number of benzene rings is 1. The maximum Gasteiger partial charge on any atom is 0.0779 e. The summed E-state index contributed by atoms with van der Waals surface area (Å²) in [7, 11) is 0. The smallest absolute Gasteiger partial charge is 0.0779 e. The van der Waals surface area contributed by atoms with Crippen molar-refractivity contribution in [3.8, 4) is 0 Å². The van der Waals surface area contributed by atoms with Gasteiger partial charge >= 0.3 is 0 Å². The standard InChI is InChI=1S/C6H8N2.C6H14O3/c7-8-6-4-2-1-3-5-6;1-5(8)4-9-6(2)3-7/h1-5,8H,7H2;5-8H,3-4H2,1-2H3. The van der Waals surface area contributed by atoms with Crippen LogP contribution in [0.2, 0.25) is 0 Å². The number of nitrogens with two attached hydrogens (primary N) is 1. The van der Waals surface area contributed by atoms with E-state index in [1.807, 2.05) is 30.3 Å². The second kappa shape index (κ2) is 10.0. The van der Waals surface area contributed by atoms with Gasteiger partial charge in [0.15, 0.2) is 0 Å². The lowest BCUT2D eigenvalue weighted by molar-refractivity contribution is -0.0177. The van der Waals surface area contributed by atoms with E-state index in [-0.39, 0.29) is 12.7 Å². The molecule has 0 aliphatic heterocycles. The molecule has 0 aromatic heterocycles. The molecule has 1 aromatic rings. The number of nitrogens with one attached hydrogen (secondary N) is 1. The highest BCUT2D eigenvalue weighted by Gasteiger charge is 2.00. The Kier molecular flexibility index (Phi) is 9.37. The van der Waals surface area contributed by atoms with Gasteiger partial charge < -0.3 is 20.4 Å². The fraction of sp³-hybridized carbons (Fsp3) is 0.500. The Labute approximate surface area is 102 Å². The second-order valence-electron chi connectivity index (χ2n) is 3.69. The monoisotopic (exact) mass is 242 g/mol. The summed E-state index contributed by atoms with van der Waals surface area (Å²) in [6.07, 6.45) is -0.612. The van der Waals surface area contributed by atoms with E-state index in [1.54, 1.807) is 13.8 Å². The van der Waals surface area contributed by atoms with E-state index in [2.05, 4.69) is 5.43 Å². The van der Waals surface area contributed by atoms with Crippen molar-refractivity contribution in [2.45, 2.75) is 26.1 Å². The van der Waals surface area contributed by atoms with Crippen molar-refractivity contribution in [2.75, 3.05) is 18.6 Å². The van der Waals surface area contributed by atoms with Crippen molar-refractivity contribution in [1.82, 2.24) is 0 Å². The van der Waals surface area contributed by atoms with Gasteiger partial charge in [-0.2, -0.15) is 0 Å². The Morgan fingerprint density at radius 3 is 2.24 bits per heavy atom. The van der Waals surface area contributed by atoms with Crippen molar-refractivity contribution in [3.63, 3.8) is 0 Å². The van der Waals surface area contributed by atoms with Gasteiger partial charge in [0.1, 0.15) is 0 Å². The summed E-state index contributed by atoms with van der Waals surface area (Å²) in [4.78, 5) is 0. The number of hydrazine groups is 1. The van der Waals surface area contributed by atoms with Crippen molar-refractivity contribution < 1.29 is 14.9 Å². The molecule has 98 valence electrons. The molecule has 0 aliphatic rings. The van der Waals surface area contributed by atoms with Crippen LogP contribution in [-0.2, 0) is 4.74 Å². The van der Waals surface area contributed by atoms with E-state index in [0.29, 0.717) is 6.61 Å². The quantitative estimate of drug-likeness (QED) is 0.452. The summed E-state index contributed by atoms with van der Waals surface area (Å²) in [5, 5.41) is 17.1. The SMILES string of the molecule is CC(O)COC(C)CO.NNc1ccccc1. The zero-order valence-corrected chi connectivity index (χ0v) is 10.3. The van der Waals surface area contributed by atoms with Crippen molar-refractivity contribution in [2.24, 2.45) is 5.84 Å². The van der Waals surface area contributed by atoms with Gasteiger partial charge in [-0.25, -0.2) is 0 Å². The van der Waals surface area contributed by atoms with E-state index in [9.17, 15) is 0 Å². The Morgan fingerprint density at radius 2 is 1.88 bits per heavy atom. The Hall–Kier alpha value is -1.14. The molecule has 1 rings (SSSR count). The molecule has 1 aromatic carbocycles. The van der Waals surface area contributed by atoms with Gasteiger partial charge in [-0.3, -0.25) is 5.84 Å². The summed E-state index contributed by atoms with van der Waals surface area (Å²) >= 11 is 0. The largest absolute Gasteiger partial charge is 0.394 e. The summed E-state index contributed by atoms with van der Waals surface area (Å²) < 4.78 is 4.95. The molecule has 0 saturated heterocycles. The molecule has 0 amide bonds. The number of aliphatic hydroxyl groups is 2. The van der Waals surface area contributed by atoms with Crippen LogP contribution in [0.4, 0.5) is 5.69 Å². The van der Waals surface area contributed by atoms with Gasteiger partial charge in [0.25, 0.3) is 0 Å². The Bertz CT molecular complexity index is 268. The minimum absolute atomic E-state index is 0.00667. The summed E-state index contributed by atoms with van der Waals surface area (Å²) in [6.45, 7) is 3.70. The van der Waals surface area contributed by atoms with Crippen LogP contribution in [-0.4, -0.2) is 35.6 Å². The number of hydrogen-bond donors (Lipinski definition) is 4. The first kappa shape index (κ1) is 15.9. The average molecular weight is 242 g/mol. The maximum absolute atomic E-state index is 8.69. The van der Waals surface area contributed by atoms with Crippen LogP contribution >= 0.6 is 0 Å². The van der Waals surface area contributed by atoms with Gasteiger partial charge in [0, 0.05) is 5.69 Å². The normalized spacial score (nSPS) is 13.2. The van der Waals surface area contributed by atoms with E-state index in [4.69, 9.17) is 20.8 Å². The van der Waals surface area contributed by atoms with E-state index in [1.165, 1.54) is 0 Å². The topological polar surface area (TPSA) is 87.7 Å². The number of rotatable bonds is 5. The van der Waals surface area contributed by atoms with Crippen LogP contribution < -0.4 is 11.3 Å². The lowest BCUT2D eigenvalue weighted by Crippen LogP contribution is -2.19. The summed E-state index contributed by atoms with van der Waals surface area (Å²) in [5.41, 5.74) is 3.46. The fourth-order valence-electron chi connectivity index (χ4n) is 0.891. The minimum atomic E-state index is -0.445. The van der Waals surface area contributed by atoms with Crippen LogP contribution in [0, 0.1) is 0 Å². The molecular formula is C12H22N2O3. The first-order valence-electron chi connectivity index (χ1n) is 5.52. The van der Waals surface area contributed by atoms with Gasteiger partial charge in [-0.1, -0.05) is 18.2 Å². The van der Waals surface area contributed by atoms with Crippen molar-refractivity contribution in [1.29, 1.82) is 0 Å². The molecule has 0 aliphatic carbocycles. The number of anilines is 1. The van der Waals surface area contributed by atoms with Crippen molar-refractivity contribution in [3.05, 3.63) is 30.3 Å². The molecular weight excluding hydrogens is 220 g/mol. The third kappa shape index (κ3) is 9.77. The number of nitrogen functional groups attached to an aromatic ring is 1. The van der Waals surface area contributed by atoms with Gasteiger partial charge in [-0.05, 0) is 26.0 Å². The molecule has 2 atom stereocenters. The van der Waals surface area contributed by atoms with Crippen LogP contribution in [0.5, 0.6) is 0 Å². The number of para-hydroxylation sites is 1. The molecule has 0 heterocycles. The molecule has 5 N–H and O–H groups in total. The molecule has 0 spiro atoms. The second-order valence-corrected chi connectivity index (χ2v) is 3.69. The molecule has 2 unspecified atom stereocenters. The van der Waals surface area contributed by atoms with E-state index >= 15 is 0 Å².